The van der Waals surface area contributed by atoms with Crippen molar-refractivity contribution in [1.29, 1.82) is 0 Å². The number of rotatable bonds is 18. The fourth-order valence-electron chi connectivity index (χ4n) is 9.69. The molecule has 6 heterocycles. The summed E-state index contributed by atoms with van der Waals surface area (Å²) in [6, 6.07) is 5.50. The lowest BCUT2D eigenvalue weighted by Gasteiger charge is -2.32. The van der Waals surface area contributed by atoms with Crippen LogP contribution in [0.3, 0.4) is 0 Å². The summed E-state index contributed by atoms with van der Waals surface area (Å²) in [4.78, 5) is 67.6. The molecule has 23 heteroatoms. The van der Waals surface area contributed by atoms with Crippen LogP contribution < -0.4 is 21.3 Å². The lowest BCUT2D eigenvalue weighted by Crippen LogP contribution is -2.56. The Morgan fingerprint density at radius 2 is 1.04 bits per heavy atom. The highest BCUT2D eigenvalue weighted by Crippen LogP contribution is 2.43. The van der Waals surface area contributed by atoms with Crippen LogP contribution in [0.25, 0.3) is 0 Å². The first-order valence-electron chi connectivity index (χ1n) is 23.2. The Morgan fingerprint density at radius 3 is 1.52 bits per heavy atom. The average Bonchev–Trinajstić information content (AvgIpc) is 4.06. The van der Waals surface area contributed by atoms with E-state index in [-0.39, 0.29) is 13.2 Å². The Morgan fingerprint density at radius 1 is 0.609 bits per heavy atom. The summed E-state index contributed by atoms with van der Waals surface area (Å²) in [6.45, 7) is 15.3. The van der Waals surface area contributed by atoms with Gasteiger partial charge in [-0.2, -0.15) is 0 Å². The van der Waals surface area contributed by atoms with Gasteiger partial charge in [-0.05, 0) is 67.9 Å². The molecule has 0 spiro atoms. The number of alkyl carbamates (subject to hydrolysis) is 2. The second-order valence-corrected chi connectivity index (χ2v) is 20.3. The van der Waals surface area contributed by atoms with Crippen LogP contribution in [0, 0.1) is 0 Å². The van der Waals surface area contributed by atoms with Crippen molar-refractivity contribution in [3.63, 3.8) is 0 Å². The maximum absolute atomic E-state index is 14.6. The van der Waals surface area contributed by atoms with Gasteiger partial charge in [-0.25, -0.2) is 9.59 Å². The number of carbonyl (C=O) groups excluding carboxylic acids is 4. The monoisotopic (exact) mass is 980 g/mol. The Kier molecular flexibility index (Phi) is 15.9. The molecule has 6 aliphatic rings. The molecule has 1 aromatic carbocycles. The van der Waals surface area contributed by atoms with Crippen molar-refractivity contribution in [3.05, 3.63) is 35.9 Å². The molecule has 0 unspecified atom stereocenters. The van der Waals surface area contributed by atoms with Crippen molar-refractivity contribution in [2.24, 2.45) is 0 Å². The van der Waals surface area contributed by atoms with Crippen molar-refractivity contribution >= 4 is 30.0 Å². The maximum Gasteiger partial charge on any atom is 0.407 e. The van der Waals surface area contributed by atoms with Gasteiger partial charge in [0.2, 0.25) is 11.8 Å². The molecule has 6 fully saturated rings. The highest BCUT2D eigenvalue weighted by atomic mass is 16.8. The molecule has 386 valence electrons. The first-order valence-corrected chi connectivity index (χ1v) is 23.2. The molecule has 0 bridgehead atoms. The van der Waals surface area contributed by atoms with E-state index in [4.69, 9.17) is 61.6 Å². The van der Waals surface area contributed by atoms with Crippen LogP contribution in [0.4, 0.5) is 9.59 Å². The zero-order chi connectivity index (χ0) is 50.2. The number of methoxy groups -OCH3 is 2. The molecule has 0 radical (unpaired) electrons. The van der Waals surface area contributed by atoms with E-state index in [0.717, 1.165) is 0 Å². The highest BCUT2D eigenvalue weighted by molar-refractivity contribution is 5.81. The number of carboxylic acids is 1. The molecule has 5 N–H and O–H groups in total. The second-order valence-electron chi connectivity index (χ2n) is 20.3. The summed E-state index contributed by atoms with van der Waals surface area (Å²) < 4.78 is 78.1. The molecular weight excluding hydrogens is 913 g/mol. The lowest BCUT2D eigenvalue weighted by molar-refractivity contribution is -0.230. The van der Waals surface area contributed by atoms with E-state index in [2.05, 4.69) is 21.3 Å². The van der Waals surface area contributed by atoms with Crippen LogP contribution in [0.2, 0.25) is 0 Å². The molecule has 0 saturated carbocycles. The summed E-state index contributed by atoms with van der Waals surface area (Å²) in [5.41, 5.74) is -0.0622. The molecule has 6 aliphatic heterocycles. The molecule has 0 aliphatic carbocycles. The van der Waals surface area contributed by atoms with Gasteiger partial charge in [-0.1, -0.05) is 30.3 Å². The van der Waals surface area contributed by atoms with Gasteiger partial charge in [0.05, 0.1) is 24.5 Å². The second kappa shape index (κ2) is 20.8. The minimum absolute atomic E-state index is 0.0690. The van der Waals surface area contributed by atoms with Crippen LogP contribution >= 0.6 is 0 Å². The molecule has 6 saturated heterocycles. The fraction of sp³-hybridized carbons (Fsp3) is 0.761. The smallest absolute Gasteiger partial charge is 0.407 e. The van der Waals surface area contributed by atoms with Gasteiger partial charge in [0, 0.05) is 33.6 Å². The van der Waals surface area contributed by atoms with Crippen molar-refractivity contribution in [2.45, 2.75) is 203 Å². The summed E-state index contributed by atoms with van der Waals surface area (Å²) in [7, 11) is 2.83. The van der Waals surface area contributed by atoms with E-state index < -0.39 is 164 Å². The van der Waals surface area contributed by atoms with Gasteiger partial charge in [0.25, 0.3) is 0 Å². The minimum atomic E-state index is -1.23. The van der Waals surface area contributed by atoms with Crippen molar-refractivity contribution in [1.82, 2.24) is 21.3 Å². The number of nitrogens with one attached hydrogen (secondary N) is 4. The highest BCUT2D eigenvalue weighted by Gasteiger charge is 2.61. The van der Waals surface area contributed by atoms with E-state index in [0.29, 0.717) is 5.56 Å². The largest absolute Gasteiger partial charge is 0.481 e. The standard InChI is InChI=1S/C46H68N4O19/c1-43(2,3)69-41(55)47-20-26-33-34(64-44(4,5)63-33)30(60-26)24(50-42(56)59-21-22-15-13-12-14-16-22)18-28(52)48-23(31-35-37(39(57-10)61-31)67-45(6,7)65-35)17-27(51)49-25(19-29(53)54)32-36-38(40(58-11)62-32)68-46(8,9)66-36/h12-16,23-26,30-40H,17-21H2,1-11H3,(H,47,55)(H,48,52)(H,49,51)(H,50,56)(H,53,54)/t23-,24+,25+,26+,30+,31+,32+,33+,34-,35-,36-,37-,38-,39-,40-/m0/s1. The number of benzene rings is 1. The third-order valence-electron chi connectivity index (χ3n) is 12.2. The van der Waals surface area contributed by atoms with Gasteiger partial charge in [-0.15, -0.1) is 0 Å². The molecule has 15 atom stereocenters. The maximum atomic E-state index is 14.6. The number of carbonyl (C=O) groups is 5. The molecule has 69 heavy (non-hydrogen) atoms. The van der Waals surface area contributed by atoms with E-state index in [9.17, 15) is 29.1 Å². The molecule has 4 amide bonds. The number of hydrogen-bond donors (Lipinski definition) is 5. The Balaban J connectivity index is 1.14. The average molecular weight is 981 g/mol. The van der Waals surface area contributed by atoms with E-state index in [1.165, 1.54) is 14.2 Å². The number of hydrogen-bond acceptors (Lipinski definition) is 18. The zero-order valence-electron chi connectivity index (χ0n) is 40.9. The van der Waals surface area contributed by atoms with E-state index in [1.54, 1.807) is 86.6 Å². The molecule has 0 aromatic heterocycles. The van der Waals surface area contributed by atoms with E-state index >= 15 is 0 Å². The fourth-order valence-corrected chi connectivity index (χ4v) is 9.69. The van der Waals surface area contributed by atoms with Crippen molar-refractivity contribution in [3.8, 4) is 0 Å². The van der Waals surface area contributed by atoms with Crippen LogP contribution in [0.15, 0.2) is 30.3 Å². The predicted octanol–water partition coefficient (Wildman–Crippen LogP) is 2.10. The third kappa shape index (κ3) is 13.0. The first-order chi connectivity index (χ1) is 32.3. The van der Waals surface area contributed by atoms with Gasteiger partial charge in [-0.3, -0.25) is 14.4 Å². The van der Waals surface area contributed by atoms with Crippen molar-refractivity contribution in [2.75, 3.05) is 20.8 Å². The Labute approximate surface area is 400 Å². The molecule has 7 rings (SSSR count). The summed E-state index contributed by atoms with van der Waals surface area (Å²) in [5.74, 6) is -5.86. The van der Waals surface area contributed by atoms with Gasteiger partial charge >= 0.3 is 18.2 Å². The third-order valence-corrected chi connectivity index (χ3v) is 12.2. The first kappa shape index (κ1) is 52.6. The molecule has 1 aromatic rings. The molecule has 23 nitrogen and oxygen atoms in total. The van der Waals surface area contributed by atoms with Gasteiger partial charge in [0.15, 0.2) is 29.9 Å². The van der Waals surface area contributed by atoms with Crippen LogP contribution in [-0.4, -0.2) is 171 Å². The number of amides is 4. The summed E-state index contributed by atoms with van der Waals surface area (Å²) >= 11 is 0. The van der Waals surface area contributed by atoms with E-state index in [1.807, 2.05) is 6.07 Å². The summed E-state index contributed by atoms with van der Waals surface area (Å²) in [5, 5.41) is 21.3. The minimum Gasteiger partial charge on any atom is -0.481 e. The number of carboxylic acid groups (broad SMARTS) is 1. The lowest BCUT2D eigenvalue weighted by atomic mass is 9.97. The van der Waals surface area contributed by atoms with Crippen molar-refractivity contribution < 1.29 is 90.7 Å². The SMILES string of the molecule is CO[C@H]1O[C@H]([C@H](CC(=O)N[C@H](CC(=O)O)[C@H]2O[C@H](OC)[C@H]3OC(C)(C)O[C@H]32)NC(=O)C[C@@H](NC(=O)OCc2ccccc2)[C@H]2O[C@H](CNC(=O)OC(C)(C)C)[C@H]3OC(C)(C)O[C@@H]23)[C@@H]2OC(C)(C)O[C@H]12. The van der Waals surface area contributed by atoms with Crippen LogP contribution in [0.1, 0.15) is 87.1 Å². The quantitative estimate of drug-likeness (QED) is 0.141. The zero-order valence-corrected chi connectivity index (χ0v) is 40.9. The number of aliphatic carboxylic acids is 1. The van der Waals surface area contributed by atoms with Crippen LogP contribution in [0.5, 0.6) is 0 Å². The number of ether oxygens (including phenoxy) is 13. The summed E-state index contributed by atoms with van der Waals surface area (Å²) in [6.07, 6.45) is -13.6. The Bertz CT molecular complexity index is 2000. The molecular formula is C46H68N4O19. The predicted molar refractivity (Wildman–Crippen MR) is 235 cm³/mol. The van der Waals surface area contributed by atoms with Gasteiger partial charge < -0.3 is 88.0 Å². The topological polar surface area (TPSA) is 274 Å². The Hall–Kier alpha value is -4.27. The van der Waals surface area contributed by atoms with Crippen LogP contribution in [-0.2, 0) is 82.6 Å². The normalized spacial score (nSPS) is 33.8. The number of fused-ring (bicyclic) bond motifs is 3. The van der Waals surface area contributed by atoms with Gasteiger partial charge in [0.1, 0.15) is 73.2 Å².